The second kappa shape index (κ2) is 7.31. The molecule has 0 unspecified atom stereocenters. The molecule has 0 spiro atoms. The van der Waals surface area contributed by atoms with Gasteiger partial charge in [-0.3, -0.25) is 4.79 Å². The number of fused-ring (bicyclic) bond motifs is 1. The largest absolute Gasteiger partial charge is 0.367 e. The number of carbonyl (C=O) groups excluding carboxylic acids is 1. The van der Waals surface area contributed by atoms with Gasteiger partial charge in [-0.1, -0.05) is 47.8 Å². The molecule has 0 N–H and O–H groups in total. The molecule has 25 heavy (non-hydrogen) atoms. The van der Waals surface area contributed by atoms with E-state index in [1.165, 1.54) is 0 Å². The van der Waals surface area contributed by atoms with Gasteiger partial charge in [0.1, 0.15) is 18.3 Å². The van der Waals surface area contributed by atoms with Crippen LogP contribution in [0.1, 0.15) is 32.8 Å². The monoisotopic (exact) mass is 408 g/mol. The molecule has 5 nitrogen and oxygen atoms in total. The normalized spacial score (nSPS) is 30.5. The SMILES string of the molecule is CCC(=O)[C@H]1O[C@@H]2OC(C)(C)O[C@@H]2[C@H]1OCc1ccc(Cl)c(Cl)c1Cl. The third-order valence-corrected chi connectivity index (χ3v) is 5.54. The number of Topliss-reactive ketones (excluding diaryl/α,β-unsaturated/α-hetero) is 1. The highest BCUT2D eigenvalue weighted by molar-refractivity contribution is 6.48. The van der Waals surface area contributed by atoms with Gasteiger partial charge in [0.05, 0.1) is 21.7 Å². The molecule has 0 radical (unpaired) electrons. The molecule has 2 heterocycles. The molecule has 0 aliphatic carbocycles. The maximum absolute atomic E-state index is 12.2. The molecule has 2 saturated heterocycles. The standard InChI is InChI=1S/C17H19Cl3O5/c1-4-10(21)13-14(15-16(23-13)25-17(2,3)24-15)22-7-8-5-6-9(18)12(20)11(8)19/h5-6,13-16H,4,7H2,1-3H3/t13-,14+,15-,16-/m1/s1. The van der Waals surface area contributed by atoms with Crippen LogP contribution in [0, 0.1) is 0 Å². The predicted molar refractivity (Wildman–Crippen MR) is 94.0 cm³/mol. The first-order chi connectivity index (χ1) is 11.7. The number of ether oxygens (including phenoxy) is 4. The predicted octanol–water partition coefficient (Wildman–Crippen LogP) is 4.39. The summed E-state index contributed by atoms with van der Waals surface area (Å²) in [6.07, 6.45) is -2.12. The van der Waals surface area contributed by atoms with E-state index in [9.17, 15) is 4.79 Å². The molecule has 4 atom stereocenters. The average molecular weight is 410 g/mol. The van der Waals surface area contributed by atoms with Crippen molar-refractivity contribution in [1.82, 2.24) is 0 Å². The Bertz CT molecular complexity index is 678. The van der Waals surface area contributed by atoms with E-state index in [0.717, 1.165) is 0 Å². The first-order valence-electron chi connectivity index (χ1n) is 8.01. The fourth-order valence-corrected chi connectivity index (χ4v) is 3.59. The fraction of sp³-hybridized carbons (Fsp3) is 0.588. The van der Waals surface area contributed by atoms with Crippen LogP contribution >= 0.6 is 34.8 Å². The third-order valence-electron chi connectivity index (χ3n) is 4.20. The minimum Gasteiger partial charge on any atom is -0.367 e. The summed E-state index contributed by atoms with van der Waals surface area (Å²) in [5.74, 6) is -0.858. The van der Waals surface area contributed by atoms with Crippen LogP contribution in [-0.2, 0) is 30.3 Å². The number of carbonyl (C=O) groups is 1. The number of benzene rings is 1. The van der Waals surface area contributed by atoms with Crippen molar-refractivity contribution in [3.05, 3.63) is 32.8 Å². The number of ketones is 1. The quantitative estimate of drug-likeness (QED) is 0.675. The molecule has 0 amide bonds. The summed E-state index contributed by atoms with van der Waals surface area (Å²) < 4.78 is 23.3. The maximum atomic E-state index is 12.2. The highest BCUT2D eigenvalue weighted by atomic mass is 35.5. The van der Waals surface area contributed by atoms with Crippen molar-refractivity contribution in [3.8, 4) is 0 Å². The summed E-state index contributed by atoms with van der Waals surface area (Å²) in [6, 6.07) is 3.38. The Balaban J connectivity index is 1.78. The molecule has 1 aromatic carbocycles. The van der Waals surface area contributed by atoms with E-state index in [2.05, 4.69) is 0 Å². The summed E-state index contributed by atoms with van der Waals surface area (Å²) in [6.45, 7) is 5.50. The molecule has 138 valence electrons. The van der Waals surface area contributed by atoms with E-state index in [4.69, 9.17) is 53.8 Å². The van der Waals surface area contributed by atoms with Crippen molar-refractivity contribution in [2.24, 2.45) is 0 Å². The van der Waals surface area contributed by atoms with Crippen LogP contribution < -0.4 is 0 Å². The lowest BCUT2D eigenvalue weighted by atomic mass is 10.1. The number of hydrogen-bond donors (Lipinski definition) is 0. The minimum atomic E-state index is -0.793. The Morgan fingerprint density at radius 1 is 1.20 bits per heavy atom. The number of rotatable bonds is 5. The lowest BCUT2D eigenvalue weighted by Gasteiger charge is -2.25. The van der Waals surface area contributed by atoms with E-state index >= 15 is 0 Å². The first kappa shape index (κ1) is 19.4. The molecule has 2 aliphatic heterocycles. The van der Waals surface area contributed by atoms with Crippen LogP contribution in [0.3, 0.4) is 0 Å². The highest BCUT2D eigenvalue weighted by Crippen LogP contribution is 2.40. The zero-order valence-corrected chi connectivity index (χ0v) is 16.3. The Hall–Kier alpha value is -0.400. The lowest BCUT2D eigenvalue weighted by molar-refractivity contribution is -0.218. The summed E-state index contributed by atoms with van der Waals surface area (Å²) >= 11 is 18.2. The Morgan fingerprint density at radius 2 is 1.92 bits per heavy atom. The van der Waals surface area contributed by atoms with Crippen molar-refractivity contribution in [3.63, 3.8) is 0 Å². The molecule has 0 aromatic heterocycles. The summed E-state index contributed by atoms with van der Waals surface area (Å²) in [7, 11) is 0. The molecule has 0 saturated carbocycles. The van der Waals surface area contributed by atoms with Gasteiger partial charge in [-0.2, -0.15) is 0 Å². The van der Waals surface area contributed by atoms with Gasteiger partial charge in [-0.25, -0.2) is 0 Å². The topological polar surface area (TPSA) is 54.0 Å². The van der Waals surface area contributed by atoms with Gasteiger partial charge in [-0.15, -0.1) is 0 Å². The van der Waals surface area contributed by atoms with Crippen LogP contribution in [-0.4, -0.2) is 36.2 Å². The Labute approximate surface area is 161 Å². The average Bonchev–Trinajstić information content (AvgIpc) is 3.03. The van der Waals surface area contributed by atoms with Gasteiger partial charge < -0.3 is 18.9 Å². The lowest BCUT2D eigenvalue weighted by Crippen LogP contribution is -2.40. The van der Waals surface area contributed by atoms with Crippen molar-refractivity contribution < 1.29 is 23.7 Å². The minimum absolute atomic E-state index is 0.0651. The van der Waals surface area contributed by atoms with Gasteiger partial charge in [-0.05, 0) is 25.5 Å². The molecule has 2 fully saturated rings. The zero-order chi connectivity index (χ0) is 18.4. The van der Waals surface area contributed by atoms with Gasteiger partial charge in [0.2, 0.25) is 0 Å². The van der Waals surface area contributed by atoms with Crippen molar-refractivity contribution in [2.75, 3.05) is 0 Å². The summed E-state index contributed by atoms with van der Waals surface area (Å²) in [5.41, 5.74) is 0.667. The van der Waals surface area contributed by atoms with Crippen LogP contribution in [0.4, 0.5) is 0 Å². The fourth-order valence-electron chi connectivity index (χ4n) is 2.99. The molecule has 1 aromatic rings. The smallest absolute Gasteiger partial charge is 0.190 e. The highest BCUT2D eigenvalue weighted by Gasteiger charge is 2.57. The molecule has 2 aliphatic rings. The van der Waals surface area contributed by atoms with E-state index in [0.29, 0.717) is 22.0 Å². The number of halogens is 3. The summed E-state index contributed by atoms with van der Waals surface area (Å²) in [4.78, 5) is 12.2. The zero-order valence-electron chi connectivity index (χ0n) is 14.1. The van der Waals surface area contributed by atoms with Gasteiger partial charge >= 0.3 is 0 Å². The second-order valence-electron chi connectivity index (χ2n) is 6.46. The van der Waals surface area contributed by atoms with Gasteiger partial charge in [0.25, 0.3) is 0 Å². The van der Waals surface area contributed by atoms with E-state index < -0.39 is 30.4 Å². The summed E-state index contributed by atoms with van der Waals surface area (Å²) in [5, 5.41) is 0.965. The van der Waals surface area contributed by atoms with E-state index in [-0.39, 0.29) is 17.4 Å². The first-order valence-corrected chi connectivity index (χ1v) is 9.14. The molecule has 8 heteroatoms. The van der Waals surface area contributed by atoms with Crippen molar-refractivity contribution in [2.45, 2.75) is 64.2 Å². The maximum Gasteiger partial charge on any atom is 0.190 e. The van der Waals surface area contributed by atoms with Crippen LogP contribution in [0.15, 0.2) is 12.1 Å². The molecule has 0 bridgehead atoms. The Kier molecular flexibility index (Phi) is 5.66. The molecular formula is C17H19Cl3O5. The van der Waals surface area contributed by atoms with Crippen LogP contribution in [0.2, 0.25) is 15.1 Å². The van der Waals surface area contributed by atoms with Gasteiger partial charge in [0, 0.05) is 6.42 Å². The molecular weight excluding hydrogens is 391 g/mol. The third kappa shape index (κ3) is 3.83. The van der Waals surface area contributed by atoms with Crippen molar-refractivity contribution >= 4 is 40.6 Å². The van der Waals surface area contributed by atoms with Crippen LogP contribution in [0.5, 0.6) is 0 Å². The van der Waals surface area contributed by atoms with Gasteiger partial charge in [0.15, 0.2) is 17.9 Å². The molecule has 3 rings (SSSR count). The second-order valence-corrected chi connectivity index (χ2v) is 7.62. The van der Waals surface area contributed by atoms with E-state index in [1.807, 2.05) is 0 Å². The number of hydrogen-bond acceptors (Lipinski definition) is 5. The van der Waals surface area contributed by atoms with Crippen LogP contribution in [0.25, 0.3) is 0 Å². The van der Waals surface area contributed by atoms with Crippen molar-refractivity contribution in [1.29, 1.82) is 0 Å². The van der Waals surface area contributed by atoms with E-state index in [1.54, 1.807) is 32.9 Å². The Morgan fingerprint density at radius 3 is 2.60 bits per heavy atom.